The van der Waals surface area contributed by atoms with E-state index in [1.165, 1.54) is 6.92 Å². The summed E-state index contributed by atoms with van der Waals surface area (Å²) in [6.45, 7) is 3.40. The summed E-state index contributed by atoms with van der Waals surface area (Å²) in [4.78, 5) is 35.8. The molecule has 0 aliphatic heterocycles. The highest BCUT2D eigenvalue weighted by molar-refractivity contribution is 7.16. The molecule has 5 heteroatoms. The highest BCUT2D eigenvalue weighted by Crippen LogP contribution is 2.20. The van der Waals surface area contributed by atoms with Gasteiger partial charge in [-0.25, -0.2) is 4.57 Å². The molecular weight excluding hydrogens is 298 g/mol. The SMILES string of the molecule is CC(=O)c1ccc2c(c1)sc(=O)n2C(=O)c1ccc(C)cc1. The van der Waals surface area contributed by atoms with Crippen molar-refractivity contribution < 1.29 is 9.59 Å². The van der Waals surface area contributed by atoms with Crippen LogP contribution in [-0.4, -0.2) is 16.3 Å². The molecule has 0 spiro atoms. The largest absolute Gasteiger partial charge is 0.315 e. The van der Waals surface area contributed by atoms with Gasteiger partial charge in [-0.2, -0.15) is 0 Å². The van der Waals surface area contributed by atoms with Crippen LogP contribution in [0.15, 0.2) is 47.3 Å². The number of aromatic nitrogens is 1. The van der Waals surface area contributed by atoms with Gasteiger partial charge in [-0.05, 0) is 44.2 Å². The molecular formula is C17H13NO3S. The molecule has 0 radical (unpaired) electrons. The Morgan fingerprint density at radius 2 is 1.64 bits per heavy atom. The predicted octanol–water partition coefficient (Wildman–Crippen LogP) is 3.26. The molecule has 0 amide bonds. The zero-order chi connectivity index (χ0) is 15.9. The minimum absolute atomic E-state index is 0.0702. The number of thiazole rings is 1. The van der Waals surface area contributed by atoms with E-state index in [4.69, 9.17) is 0 Å². The Kier molecular flexibility index (Phi) is 3.50. The first kappa shape index (κ1) is 14.4. The smallest absolute Gasteiger partial charge is 0.295 e. The van der Waals surface area contributed by atoms with Crippen molar-refractivity contribution in [3.63, 3.8) is 0 Å². The van der Waals surface area contributed by atoms with Crippen molar-refractivity contribution in [3.8, 4) is 0 Å². The van der Waals surface area contributed by atoms with E-state index in [2.05, 4.69) is 0 Å². The van der Waals surface area contributed by atoms with E-state index >= 15 is 0 Å². The van der Waals surface area contributed by atoms with E-state index in [0.717, 1.165) is 21.5 Å². The summed E-state index contributed by atoms with van der Waals surface area (Å²) in [5.41, 5.74) is 2.57. The molecule has 3 aromatic rings. The lowest BCUT2D eigenvalue weighted by atomic mass is 10.1. The lowest BCUT2D eigenvalue weighted by Crippen LogP contribution is -2.22. The average Bonchev–Trinajstić information content (AvgIpc) is 2.82. The van der Waals surface area contributed by atoms with Crippen LogP contribution in [0.25, 0.3) is 10.2 Å². The molecule has 0 aliphatic rings. The third kappa shape index (κ3) is 2.40. The molecule has 0 bridgehead atoms. The monoisotopic (exact) mass is 311 g/mol. The fourth-order valence-electron chi connectivity index (χ4n) is 2.26. The molecule has 0 N–H and O–H groups in total. The summed E-state index contributed by atoms with van der Waals surface area (Å²) in [6.07, 6.45) is 0. The number of hydrogen-bond acceptors (Lipinski definition) is 4. The maximum atomic E-state index is 12.6. The van der Waals surface area contributed by atoms with Gasteiger partial charge in [-0.15, -0.1) is 0 Å². The summed E-state index contributed by atoms with van der Waals surface area (Å²) < 4.78 is 1.80. The van der Waals surface area contributed by atoms with Crippen molar-refractivity contribution in [1.82, 2.24) is 4.57 Å². The van der Waals surface area contributed by atoms with Crippen molar-refractivity contribution in [3.05, 3.63) is 68.8 Å². The van der Waals surface area contributed by atoms with Crippen LogP contribution in [0.1, 0.15) is 33.2 Å². The number of Topliss-reactive ketones (excluding diaryl/α,β-unsaturated/α-hetero) is 1. The van der Waals surface area contributed by atoms with Crippen LogP contribution in [0.5, 0.6) is 0 Å². The molecule has 1 heterocycles. The van der Waals surface area contributed by atoms with Gasteiger partial charge < -0.3 is 0 Å². The van der Waals surface area contributed by atoms with E-state index in [0.29, 0.717) is 21.3 Å². The second-order valence-corrected chi connectivity index (χ2v) is 6.11. The Bertz CT molecular complexity index is 948. The molecule has 2 aromatic carbocycles. The number of benzene rings is 2. The third-order valence-corrected chi connectivity index (χ3v) is 4.39. The van der Waals surface area contributed by atoms with Crippen LogP contribution >= 0.6 is 11.3 Å². The molecule has 22 heavy (non-hydrogen) atoms. The molecule has 0 saturated carbocycles. The molecule has 4 nitrogen and oxygen atoms in total. The van der Waals surface area contributed by atoms with Gasteiger partial charge in [-0.3, -0.25) is 14.4 Å². The average molecular weight is 311 g/mol. The number of carbonyl (C=O) groups excluding carboxylic acids is 2. The third-order valence-electron chi connectivity index (χ3n) is 3.49. The van der Waals surface area contributed by atoms with E-state index in [-0.39, 0.29) is 16.6 Å². The van der Waals surface area contributed by atoms with E-state index in [1.54, 1.807) is 30.3 Å². The number of rotatable bonds is 2. The van der Waals surface area contributed by atoms with Crippen molar-refractivity contribution >= 4 is 33.2 Å². The molecule has 0 aliphatic carbocycles. The molecule has 3 rings (SSSR count). The number of fused-ring (bicyclic) bond motifs is 1. The molecule has 0 saturated heterocycles. The summed E-state index contributed by atoms with van der Waals surface area (Å²) in [5.74, 6) is -0.425. The van der Waals surface area contributed by atoms with Crippen molar-refractivity contribution in [1.29, 1.82) is 0 Å². The first-order chi connectivity index (χ1) is 10.5. The molecule has 0 atom stereocenters. The Labute approximate surface area is 130 Å². The topological polar surface area (TPSA) is 56.1 Å². The number of carbonyl (C=O) groups is 2. The van der Waals surface area contributed by atoms with Gasteiger partial charge in [-0.1, -0.05) is 29.0 Å². The first-order valence-corrected chi connectivity index (χ1v) is 7.57. The van der Waals surface area contributed by atoms with Gasteiger partial charge in [0.1, 0.15) is 0 Å². The van der Waals surface area contributed by atoms with Gasteiger partial charge in [0, 0.05) is 11.1 Å². The maximum absolute atomic E-state index is 12.6. The van der Waals surface area contributed by atoms with Crippen LogP contribution in [0.2, 0.25) is 0 Å². The summed E-state index contributed by atoms with van der Waals surface area (Å²) in [5, 5.41) is 0. The van der Waals surface area contributed by atoms with Crippen LogP contribution < -0.4 is 4.87 Å². The normalized spacial score (nSPS) is 10.8. The molecule has 0 fully saturated rings. The standard InChI is InChI=1S/C17H13NO3S/c1-10-3-5-12(6-4-10)16(20)18-14-8-7-13(11(2)19)9-15(14)22-17(18)21/h3-9H,1-2H3. The number of nitrogens with zero attached hydrogens (tertiary/aromatic N) is 1. The molecule has 0 unspecified atom stereocenters. The Balaban J connectivity index is 2.16. The van der Waals surface area contributed by atoms with Crippen molar-refractivity contribution in [2.24, 2.45) is 0 Å². The number of ketones is 1. The highest BCUT2D eigenvalue weighted by atomic mass is 32.1. The summed E-state index contributed by atoms with van der Waals surface area (Å²) in [6, 6.07) is 12.0. The maximum Gasteiger partial charge on any atom is 0.315 e. The predicted molar refractivity (Wildman–Crippen MR) is 87.0 cm³/mol. The Morgan fingerprint density at radius 3 is 2.27 bits per heavy atom. The second-order valence-electron chi connectivity index (χ2n) is 5.11. The van der Waals surface area contributed by atoms with Crippen LogP contribution in [0.3, 0.4) is 0 Å². The van der Waals surface area contributed by atoms with Crippen LogP contribution in [-0.2, 0) is 0 Å². The summed E-state index contributed by atoms with van der Waals surface area (Å²) >= 11 is 0.971. The van der Waals surface area contributed by atoms with Crippen molar-refractivity contribution in [2.45, 2.75) is 13.8 Å². The second kappa shape index (κ2) is 5.35. The van der Waals surface area contributed by atoms with Crippen LogP contribution in [0, 0.1) is 6.92 Å². The van der Waals surface area contributed by atoms with Gasteiger partial charge in [0.05, 0.1) is 10.2 Å². The molecule has 1 aromatic heterocycles. The zero-order valence-corrected chi connectivity index (χ0v) is 12.9. The fraction of sp³-hybridized carbons (Fsp3) is 0.118. The summed E-state index contributed by atoms with van der Waals surface area (Å²) in [7, 11) is 0. The van der Waals surface area contributed by atoms with E-state index < -0.39 is 0 Å². The Morgan fingerprint density at radius 1 is 1.00 bits per heavy atom. The minimum atomic E-state index is -0.355. The molecule has 110 valence electrons. The van der Waals surface area contributed by atoms with Crippen molar-refractivity contribution in [2.75, 3.05) is 0 Å². The zero-order valence-electron chi connectivity index (χ0n) is 12.1. The minimum Gasteiger partial charge on any atom is -0.295 e. The quantitative estimate of drug-likeness (QED) is 0.683. The van der Waals surface area contributed by atoms with Gasteiger partial charge in [0.15, 0.2) is 5.78 Å². The number of hydrogen-bond donors (Lipinski definition) is 0. The van der Waals surface area contributed by atoms with E-state index in [1.807, 2.05) is 19.1 Å². The lowest BCUT2D eigenvalue weighted by molar-refractivity contribution is 0.0961. The fourth-order valence-corrected chi connectivity index (χ4v) is 3.17. The highest BCUT2D eigenvalue weighted by Gasteiger charge is 2.17. The van der Waals surface area contributed by atoms with E-state index in [9.17, 15) is 14.4 Å². The van der Waals surface area contributed by atoms with Gasteiger partial charge in [0.2, 0.25) is 0 Å². The van der Waals surface area contributed by atoms with Crippen LogP contribution in [0.4, 0.5) is 0 Å². The lowest BCUT2D eigenvalue weighted by Gasteiger charge is -2.03. The first-order valence-electron chi connectivity index (χ1n) is 6.75. The number of aryl methyl sites for hydroxylation is 1. The van der Waals surface area contributed by atoms with Gasteiger partial charge >= 0.3 is 4.87 Å². The Hall–Kier alpha value is -2.53. The van der Waals surface area contributed by atoms with Gasteiger partial charge in [0.25, 0.3) is 5.91 Å².